The molecular weight excluding hydrogens is 196 g/mol. The summed E-state index contributed by atoms with van der Waals surface area (Å²) in [7, 11) is 0. The Morgan fingerprint density at radius 3 is 2.75 bits per heavy atom. The number of nitrogens with one attached hydrogen (secondary N) is 1. The predicted octanol–water partition coefficient (Wildman–Crippen LogP) is 3.51. The summed E-state index contributed by atoms with van der Waals surface area (Å²) in [6.07, 6.45) is 7.05. The van der Waals surface area contributed by atoms with Crippen molar-refractivity contribution in [3.05, 3.63) is 23.5 Å². The molecule has 16 heavy (non-hydrogen) atoms. The van der Waals surface area contributed by atoms with Crippen LogP contribution in [0.3, 0.4) is 0 Å². The summed E-state index contributed by atoms with van der Waals surface area (Å²) in [5.41, 5.74) is 3.02. The van der Waals surface area contributed by atoms with Crippen LogP contribution in [0, 0.1) is 0 Å². The standard InChI is InChI=1S/C14H24N2/c1-4-9-16-11(5-2)10-13-12(7-8-15-13)14(16)6-3/h7-8,11,14-15H,4-6,9-10H2,1-3H3/t11-,14-/m0/s1. The Hall–Kier alpha value is -0.760. The highest BCUT2D eigenvalue weighted by Crippen LogP contribution is 2.35. The van der Waals surface area contributed by atoms with E-state index in [0.29, 0.717) is 6.04 Å². The van der Waals surface area contributed by atoms with E-state index in [1.807, 2.05) is 0 Å². The second-order valence-electron chi connectivity index (χ2n) is 4.84. The van der Waals surface area contributed by atoms with Crippen molar-refractivity contribution < 1.29 is 0 Å². The maximum Gasteiger partial charge on any atom is 0.0366 e. The van der Waals surface area contributed by atoms with E-state index in [1.165, 1.54) is 37.9 Å². The first kappa shape index (κ1) is 11.7. The van der Waals surface area contributed by atoms with E-state index in [1.54, 1.807) is 5.56 Å². The van der Waals surface area contributed by atoms with E-state index >= 15 is 0 Å². The monoisotopic (exact) mass is 220 g/mol. The lowest BCUT2D eigenvalue weighted by molar-refractivity contribution is 0.109. The fraction of sp³-hybridized carbons (Fsp3) is 0.714. The van der Waals surface area contributed by atoms with Gasteiger partial charge >= 0.3 is 0 Å². The van der Waals surface area contributed by atoms with Crippen LogP contribution >= 0.6 is 0 Å². The van der Waals surface area contributed by atoms with Gasteiger partial charge in [-0.1, -0.05) is 20.8 Å². The third-order valence-electron chi connectivity index (χ3n) is 3.88. The number of aromatic nitrogens is 1. The first-order valence-corrected chi connectivity index (χ1v) is 6.73. The molecule has 2 heteroatoms. The summed E-state index contributed by atoms with van der Waals surface area (Å²) < 4.78 is 0. The molecule has 0 bridgehead atoms. The lowest BCUT2D eigenvalue weighted by atomic mass is 9.90. The van der Waals surface area contributed by atoms with Gasteiger partial charge in [0.2, 0.25) is 0 Å². The summed E-state index contributed by atoms with van der Waals surface area (Å²) >= 11 is 0. The molecule has 1 aromatic heterocycles. The summed E-state index contributed by atoms with van der Waals surface area (Å²) in [4.78, 5) is 6.14. The number of hydrogen-bond acceptors (Lipinski definition) is 1. The number of nitrogens with zero attached hydrogens (tertiary/aromatic N) is 1. The molecule has 90 valence electrons. The van der Waals surface area contributed by atoms with Crippen LogP contribution < -0.4 is 0 Å². The Bertz CT molecular complexity index is 329. The molecule has 2 nitrogen and oxygen atoms in total. The highest BCUT2D eigenvalue weighted by molar-refractivity contribution is 5.28. The van der Waals surface area contributed by atoms with Crippen LogP contribution in [0.4, 0.5) is 0 Å². The lowest BCUT2D eigenvalue weighted by Gasteiger charge is -2.41. The average molecular weight is 220 g/mol. The van der Waals surface area contributed by atoms with Crippen molar-refractivity contribution in [2.75, 3.05) is 6.54 Å². The van der Waals surface area contributed by atoms with E-state index in [-0.39, 0.29) is 0 Å². The molecule has 0 spiro atoms. The van der Waals surface area contributed by atoms with Crippen LogP contribution in [0.15, 0.2) is 12.3 Å². The third kappa shape index (κ3) is 1.91. The van der Waals surface area contributed by atoms with Gasteiger partial charge in [0, 0.05) is 30.4 Å². The lowest BCUT2D eigenvalue weighted by Crippen LogP contribution is -2.43. The number of aromatic amines is 1. The number of rotatable bonds is 4. The van der Waals surface area contributed by atoms with Crippen LogP contribution in [0.5, 0.6) is 0 Å². The number of fused-ring (bicyclic) bond motifs is 1. The van der Waals surface area contributed by atoms with E-state index in [2.05, 4.69) is 42.9 Å². The van der Waals surface area contributed by atoms with Gasteiger partial charge < -0.3 is 4.98 Å². The quantitative estimate of drug-likeness (QED) is 0.822. The molecular formula is C14H24N2. The zero-order valence-corrected chi connectivity index (χ0v) is 10.8. The van der Waals surface area contributed by atoms with Crippen molar-refractivity contribution in [1.29, 1.82) is 0 Å². The Labute approximate surface area is 99.0 Å². The van der Waals surface area contributed by atoms with Crippen molar-refractivity contribution >= 4 is 0 Å². The minimum absolute atomic E-state index is 0.639. The molecule has 0 saturated carbocycles. The first-order chi connectivity index (χ1) is 7.81. The zero-order chi connectivity index (χ0) is 11.5. The maximum atomic E-state index is 3.42. The predicted molar refractivity (Wildman–Crippen MR) is 68.6 cm³/mol. The number of H-pyrrole nitrogens is 1. The van der Waals surface area contributed by atoms with E-state index < -0.39 is 0 Å². The van der Waals surface area contributed by atoms with Crippen LogP contribution in [0.25, 0.3) is 0 Å². The molecule has 0 aromatic carbocycles. The average Bonchev–Trinajstić information content (AvgIpc) is 2.76. The van der Waals surface area contributed by atoms with Gasteiger partial charge in [-0.2, -0.15) is 0 Å². The first-order valence-electron chi connectivity index (χ1n) is 6.73. The van der Waals surface area contributed by atoms with Crippen molar-refractivity contribution in [1.82, 2.24) is 9.88 Å². The van der Waals surface area contributed by atoms with E-state index in [0.717, 1.165) is 6.04 Å². The molecule has 0 amide bonds. The van der Waals surface area contributed by atoms with Gasteiger partial charge in [-0.25, -0.2) is 0 Å². The summed E-state index contributed by atoms with van der Waals surface area (Å²) in [6.45, 7) is 8.14. The van der Waals surface area contributed by atoms with Gasteiger partial charge in [-0.15, -0.1) is 0 Å². The van der Waals surface area contributed by atoms with Gasteiger partial charge in [0.15, 0.2) is 0 Å². The van der Waals surface area contributed by atoms with E-state index in [9.17, 15) is 0 Å². The summed E-state index contributed by atoms with van der Waals surface area (Å²) in [5, 5.41) is 0. The SMILES string of the molecule is CCCN1[C@@H](CC)Cc2[nH]ccc2[C@@H]1CC. The molecule has 2 rings (SSSR count). The molecule has 1 N–H and O–H groups in total. The number of hydrogen-bond donors (Lipinski definition) is 1. The molecule has 0 radical (unpaired) electrons. The molecule has 0 fully saturated rings. The molecule has 2 heterocycles. The van der Waals surface area contributed by atoms with Gasteiger partial charge in [-0.05, 0) is 37.4 Å². The largest absolute Gasteiger partial charge is 0.365 e. The topological polar surface area (TPSA) is 19.0 Å². The van der Waals surface area contributed by atoms with E-state index in [4.69, 9.17) is 0 Å². The van der Waals surface area contributed by atoms with Gasteiger partial charge in [0.25, 0.3) is 0 Å². The Balaban J connectivity index is 2.29. The van der Waals surface area contributed by atoms with Crippen LogP contribution in [-0.2, 0) is 6.42 Å². The fourth-order valence-corrected chi connectivity index (χ4v) is 3.12. The van der Waals surface area contributed by atoms with Crippen LogP contribution in [-0.4, -0.2) is 22.5 Å². The zero-order valence-electron chi connectivity index (χ0n) is 10.8. The molecule has 2 atom stereocenters. The summed E-state index contributed by atoms with van der Waals surface area (Å²) in [6, 6.07) is 3.65. The second-order valence-corrected chi connectivity index (χ2v) is 4.84. The smallest absolute Gasteiger partial charge is 0.0366 e. The molecule has 0 saturated heterocycles. The molecule has 1 aliphatic heterocycles. The van der Waals surface area contributed by atoms with Crippen molar-refractivity contribution in [2.24, 2.45) is 0 Å². The minimum Gasteiger partial charge on any atom is -0.365 e. The molecule has 1 aromatic rings. The summed E-state index contributed by atoms with van der Waals surface area (Å²) in [5.74, 6) is 0. The highest BCUT2D eigenvalue weighted by Gasteiger charge is 2.32. The fourth-order valence-electron chi connectivity index (χ4n) is 3.12. The van der Waals surface area contributed by atoms with Crippen LogP contribution in [0.2, 0.25) is 0 Å². The molecule has 1 aliphatic rings. The van der Waals surface area contributed by atoms with Crippen molar-refractivity contribution in [3.8, 4) is 0 Å². The Morgan fingerprint density at radius 2 is 2.12 bits per heavy atom. The highest BCUT2D eigenvalue weighted by atomic mass is 15.2. The Morgan fingerprint density at radius 1 is 1.31 bits per heavy atom. The van der Waals surface area contributed by atoms with Gasteiger partial charge in [0.1, 0.15) is 0 Å². The minimum atomic E-state index is 0.639. The van der Waals surface area contributed by atoms with Crippen LogP contribution in [0.1, 0.15) is 57.3 Å². The van der Waals surface area contributed by atoms with Gasteiger partial charge in [-0.3, -0.25) is 4.90 Å². The third-order valence-corrected chi connectivity index (χ3v) is 3.88. The maximum absolute atomic E-state index is 3.42. The molecule has 0 aliphatic carbocycles. The Kier molecular flexibility index (Phi) is 3.70. The van der Waals surface area contributed by atoms with Crippen molar-refractivity contribution in [3.63, 3.8) is 0 Å². The van der Waals surface area contributed by atoms with Crippen molar-refractivity contribution in [2.45, 2.75) is 58.5 Å². The normalized spacial score (nSPS) is 25.7. The second kappa shape index (κ2) is 5.05. The van der Waals surface area contributed by atoms with Gasteiger partial charge in [0.05, 0.1) is 0 Å². The molecule has 0 unspecified atom stereocenters.